The topological polar surface area (TPSA) is 106 Å². The van der Waals surface area contributed by atoms with Crippen molar-refractivity contribution in [3.63, 3.8) is 0 Å². The Kier molecular flexibility index (Phi) is 8.36. The van der Waals surface area contributed by atoms with Crippen LogP contribution in [-0.2, 0) is 4.84 Å². The van der Waals surface area contributed by atoms with Crippen LogP contribution in [0.1, 0.15) is 81.8 Å². The summed E-state index contributed by atoms with van der Waals surface area (Å²) in [4.78, 5) is 31.8. The van der Waals surface area contributed by atoms with E-state index in [1.165, 1.54) is 12.8 Å². The van der Waals surface area contributed by atoms with Gasteiger partial charge in [0.05, 0.1) is 6.61 Å². The van der Waals surface area contributed by atoms with E-state index in [-0.39, 0.29) is 11.3 Å². The van der Waals surface area contributed by atoms with Crippen molar-refractivity contribution in [2.24, 2.45) is 16.7 Å². The third-order valence-electron chi connectivity index (χ3n) is 7.87. The molecule has 1 aliphatic carbocycles. The summed E-state index contributed by atoms with van der Waals surface area (Å²) >= 11 is 0. The summed E-state index contributed by atoms with van der Waals surface area (Å²) in [6.45, 7) is 15.6. The average molecular weight is 534 g/mol. The zero-order valence-corrected chi connectivity index (χ0v) is 24.5. The molecule has 2 aromatic rings. The van der Waals surface area contributed by atoms with Crippen LogP contribution in [0.5, 0.6) is 0 Å². The van der Waals surface area contributed by atoms with Crippen LogP contribution in [0.2, 0.25) is 0 Å². The Balaban J connectivity index is 1.73. The predicted molar refractivity (Wildman–Crippen MR) is 155 cm³/mol. The number of nitrogens with zero attached hydrogens (tertiary/aromatic N) is 5. The van der Waals surface area contributed by atoms with Crippen LogP contribution in [0.4, 0.5) is 23.3 Å². The zero-order valence-electron chi connectivity index (χ0n) is 24.5. The van der Waals surface area contributed by atoms with Gasteiger partial charge in [0.15, 0.2) is 11.6 Å². The van der Waals surface area contributed by atoms with Gasteiger partial charge in [-0.05, 0) is 74.0 Å². The SMILES string of the molecule is CCONC(=O)c1ccc(C)c(Nc2nc(N(C)CC(C)(C)C)nc(N3CCCC4(C)CC4CC3)c2C#N)c1. The second-order valence-electron chi connectivity index (χ2n) is 12.6. The molecule has 0 bridgehead atoms. The maximum absolute atomic E-state index is 12.5. The van der Waals surface area contributed by atoms with E-state index in [0.717, 1.165) is 44.0 Å². The Bertz CT molecular complexity index is 1250. The third kappa shape index (κ3) is 6.80. The summed E-state index contributed by atoms with van der Waals surface area (Å²) in [5, 5.41) is 13.8. The van der Waals surface area contributed by atoms with E-state index >= 15 is 0 Å². The molecule has 1 aliphatic heterocycles. The predicted octanol–water partition coefficient (Wildman–Crippen LogP) is 5.58. The van der Waals surface area contributed by atoms with Crippen molar-refractivity contribution in [3.05, 3.63) is 34.9 Å². The number of hydroxylamine groups is 1. The number of hydrogen-bond acceptors (Lipinski definition) is 8. The smallest absolute Gasteiger partial charge is 0.274 e. The van der Waals surface area contributed by atoms with Gasteiger partial charge in [0.2, 0.25) is 5.95 Å². The monoisotopic (exact) mass is 533 g/mol. The number of nitrogens with one attached hydrogen (secondary N) is 2. The van der Waals surface area contributed by atoms with Gasteiger partial charge in [0.25, 0.3) is 5.91 Å². The average Bonchev–Trinajstić information content (AvgIpc) is 3.50. The minimum atomic E-state index is -0.331. The van der Waals surface area contributed by atoms with E-state index in [4.69, 9.17) is 14.8 Å². The highest BCUT2D eigenvalue weighted by Gasteiger charge is 2.49. The molecule has 0 spiro atoms. The molecule has 1 amide bonds. The third-order valence-corrected chi connectivity index (χ3v) is 7.87. The number of aromatic nitrogens is 2. The van der Waals surface area contributed by atoms with Crippen molar-refractivity contribution in [3.8, 4) is 6.07 Å². The molecule has 2 atom stereocenters. The molecule has 0 radical (unpaired) electrons. The van der Waals surface area contributed by atoms with E-state index in [2.05, 4.69) is 54.4 Å². The molecule has 1 aromatic carbocycles. The highest BCUT2D eigenvalue weighted by molar-refractivity contribution is 5.95. The molecule has 2 N–H and O–H groups in total. The first kappa shape index (κ1) is 28.6. The number of nitriles is 1. The lowest BCUT2D eigenvalue weighted by Gasteiger charge is -2.31. The van der Waals surface area contributed by atoms with Crippen molar-refractivity contribution in [2.45, 2.75) is 67.2 Å². The fourth-order valence-corrected chi connectivity index (χ4v) is 5.60. The van der Waals surface area contributed by atoms with Gasteiger partial charge in [-0.2, -0.15) is 15.2 Å². The molecule has 1 saturated heterocycles. The van der Waals surface area contributed by atoms with Crippen molar-refractivity contribution in [2.75, 3.05) is 48.4 Å². The van der Waals surface area contributed by atoms with Crippen molar-refractivity contribution >= 4 is 29.2 Å². The summed E-state index contributed by atoms with van der Waals surface area (Å²) in [7, 11) is 1.99. The number of carbonyl (C=O) groups excluding carboxylic acids is 1. The molecule has 4 rings (SSSR count). The van der Waals surface area contributed by atoms with Crippen molar-refractivity contribution in [1.29, 1.82) is 5.26 Å². The Morgan fingerprint density at radius 3 is 2.77 bits per heavy atom. The first-order valence-electron chi connectivity index (χ1n) is 14.0. The first-order valence-corrected chi connectivity index (χ1v) is 14.0. The van der Waals surface area contributed by atoms with E-state index in [0.29, 0.717) is 46.4 Å². The van der Waals surface area contributed by atoms with Gasteiger partial charge in [-0.15, -0.1) is 0 Å². The van der Waals surface area contributed by atoms with Crippen LogP contribution in [0.25, 0.3) is 0 Å². The van der Waals surface area contributed by atoms with Crippen molar-refractivity contribution in [1.82, 2.24) is 15.4 Å². The van der Waals surface area contributed by atoms with E-state index in [1.54, 1.807) is 12.1 Å². The highest BCUT2D eigenvalue weighted by atomic mass is 16.6. The van der Waals surface area contributed by atoms with Gasteiger partial charge in [-0.1, -0.05) is 33.8 Å². The summed E-state index contributed by atoms with van der Waals surface area (Å²) in [6.07, 6.45) is 4.69. The Morgan fingerprint density at radius 1 is 1.31 bits per heavy atom. The summed E-state index contributed by atoms with van der Waals surface area (Å²) in [5.41, 5.74) is 5.48. The van der Waals surface area contributed by atoms with Crippen LogP contribution in [-0.4, -0.2) is 49.2 Å². The van der Waals surface area contributed by atoms with Gasteiger partial charge in [-0.3, -0.25) is 9.63 Å². The van der Waals surface area contributed by atoms with Gasteiger partial charge in [0, 0.05) is 37.9 Å². The summed E-state index contributed by atoms with van der Waals surface area (Å²) in [6, 6.07) is 7.78. The lowest BCUT2D eigenvalue weighted by molar-refractivity contribution is 0.0364. The van der Waals surface area contributed by atoms with Gasteiger partial charge < -0.3 is 15.1 Å². The molecular formula is C30H43N7O2. The largest absolute Gasteiger partial charge is 0.355 e. The summed E-state index contributed by atoms with van der Waals surface area (Å²) < 4.78 is 0. The number of anilines is 4. The minimum Gasteiger partial charge on any atom is -0.355 e. The van der Waals surface area contributed by atoms with E-state index in [9.17, 15) is 10.1 Å². The molecule has 1 saturated carbocycles. The summed E-state index contributed by atoms with van der Waals surface area (Å²) in [5.74, 6) is 2.12. The number of hydrogen-bond donors (Lipinski definition) is 2. The lowest BCUT2D eigenvalue weighted by Crippen LogP contribution is -2.33. The maximum atomic E-state index is 12.5. The standard InChI is InChI=1S/C30H43N7O2/c1-8-39-35-27(38)21-11-10-20(2)24(16-21)32-25-23(18-31)26(34-28(33-25)36(7)19-29(3,4)5)37-14-9-13-30(6)17-22(30)12-15-37/h10-11,16,22H,8-9,12-15,17,19H2,1-7H3,(H,35,38)(H,32,33,34). The van der Waals surface area contributed by atoms with Crippen molar-refractivity contribution < 1.29 is 9.63 Å². The lowest BCUT2D eigenvalue weighted by atomic mass is 9.96. The molecular weight excluding hydrogens is 490 g/mol. The number of amides is 1. The molecule has 9 nitrogen and oxygen atoms in total. The second-order valence-corrected chi connectivity index (χ2v) is 12.6. The molecule has 2 aliphatic rings. The molecule has 2 heterocycles. The Morgan fingerprint density at radius 2 is 2.08 bits per heavy atom. The fourth-order valence-electron chi connectivity index (χ4n) is 5.60. The van der Waals surface area contributed by atoms with Crippen LogP contribution in [0, 0.1) is 35.0 Å². The van der Waals surface area contributed by atoms with Crippen LogP contribution < -0.4 is 20.6 Å². The number of fused-ring (bicyclic) bond motifs is 1. The number of carbonyl (C=O) groups is 1. The molecule has 39 heavy (non-hydrogen) atoms. The first-order chi connectivity index (χ1) is 18.4. The normalized spacial score (nSPS) is 20.8. The molecule has 1 aromatic heterocycles. The Labute approximate surface area is 232 Å². The molecule has 9 heteroatoms. The van der Waals surface area contributed by atoms with E-state index in [1.807, 2.05) is 27.0 Å². The van der Waals surface area contributed by atoms with E-state index < -0.39 is 0 Å². The Hall–Kier alpha value is -3.38. The highest BCUT2D eigenvalue weighted by Crippen LogP contribution is 2.58. The van der Waals surface area contributed by atoms with Gasteiger partial charge in [-0.25, -0.2) is 5.48 Å². The maximum Gasteiger partial charge on any atom is 0.274 e. The second kappa shape index (κ2) is 11.4. The number of aryl methyl sites for hydroxylation is 1. The number of benzene rings is 1. The minimum absolute atomic E-state index is 0.0373. The number of rotatable bonds is 8. The zero-order chi connectivity index (χ0) is 28.4. The van der Waals surface area contributed by atoms with Crippen LogP contribution >= 0.6 is 0 Å². The van der Waals surface area contributed by atoms with Crippen LogP contribution in [0.15, 0.2) is 18.2 Å². The van der Waals surface area contributed by atoms with Gasteiger partial charge in [0.1, 0.15) is 11.6 Å². The molecule has 2 fully saturated rings. The quantitative estimate of drug-likeness (QED) is 0.424. The van der Waals surface area contributed by atoms with Gasteiger partial charge >= 0.3 is 0 Å². The molecule has 210 valence electrons. The van der Waals surface area contributed by atoms with Crippen LogP contribution in [0.3, 0.4) is 0 Å². The fraction of sp³-hybridized carbons (Fsp3) is 0.600. The molecule has 2 unspecified atom stereocenters.